The summed E-state index contributed by atoms with van der Waals surface area (Å²) in [6.45, 7) is 2.07. The monoisotopic (exact) mass is 546 g/mol. The molecule has 3 aromatic rings. The van der Waals surface area contributed by atoms with Crippen LogP contribution in [0.1, 0.15) is 42.9 Å². The Balaban J connectivity index is 1.38. The molecule has 210 valence electrons. The molecule has 8 nitrogen and oxygen atoms in total. The lowest BCUT2D eigenvalue weighted by atomic mass is 9.74. The molecular weight excluding hydrogens is 513 g/mol. The van der Waals surface area contributed by atoms with Crippen molar-refractivity contribution in [3.8, 4) is 5.75 Å². The Morgan fingerprint density at radius 1 is 1.21 bits per heavy atom. The molecule has 5 N–H and O–H groups in total. The fourth-order valence-electron chi connectivity index (χ4n) is 5.27. The van der Waals surface area contributed by atoms with Gasteiger partial charge in [-0.1, -0.05) is 0 Å². The van der Waals surface area contributed by atoms with Crippen molar-refractivity contribution in [2.75, 3.05) is 38.6 Å². The molecule has 2 aromatic carbocycles. The molecular formula is C28H33F3N4O4. The first-order valence-electron chi connectivity index (χ1n) is 12.9. The Morgan fingerprint density at radius 2 is 1.90 bits per heavy atom. The van der Waals surface area contributed by atoms with E-state index in [4.69, 9.17) is 10.5 Å². The van der Waals surface area contributed by atoms with Gasteiger partial charge in [0.1, 0.15) is 5.75 Å². The topological polar surface area (TPSA) is 121 Å². The number of nitrogens with two attached hydrogens (primary N) is 1. The number of aliphatic hydroxyl groups is 1. The van der Waals surface area contributed by atoms with Gasteiger partial charge in [-0.2, -0.15) is 0 Å². The predicted molar refractivity (Wildman–Crippen MR) is 141 cm³/mol. The predicted octanol–water partition coefficient (Wildman–Crippen LogP) is 4.21. The molecule has 0 saturated carbocycles. The number of piperidine rings is 1. The fourth-order valence-corrected chi connectivity index (χ4v) is 5.27. The standard InChI is InChI=1S/C28H33F3N4O4/c1-39-19-2-3-23-20(14-19)25(17(15-32)16-34-23)24(36)4-5-28(27(37)38)6-9-35(10-7-28)11-8-33-18-12-21(29)26(31)22(30)13-18/h2-3,12-14,16,24,33,36H,4-11,15,32H2,1H3,(H,37,38)/t24-/m0/s1. The molecule has 0 amide bonds. The molecule has 4 rings (SSSR count). The van der Waals surface area contributed by atoms with E-state index < -0.39 is 34.9 Å². The molecule has 0 spiro atoms. The number of carboxylic acid groups (broad SMARTS) is 1. The molecule has 11 heteroatoms. The van der Waals surface area contributed by atoms with Gasteiger partial charge in [0.15, 0.2) is 17.5 Å². The van der Waals surface area contributed by atoms with Crippen molar-refractivity contribution in [2.24, 2.45) is 11.1 Å². The molecule has 1 fully saturated rings. The van der Waals surface area contributed by atoms with E-state index in [1.165, 1.54) is 0 Å². The summed E-state index contributed by atoms with van der Waals surface area (Å²) in [6, 6.07) is 7.18. The summed E-state index contributed by atoms with van der Waals surface area (Å²) in [7, 11) is 1.55. The molecule has 39 heavy (non-hydrogen) atoms. The van der Waals surface area contributed by atoms with Crippen LogP contribution < -0.4 is 15.8 Å². The maximum absolute atomic E-state index is 13.4. The van der Waals surface area contributed by atoms with Crippen molar-refractivity contribution < 1.29 is 32.9 Å². The number of nitrogens with one attached hydrogen (secondary N) is 1. The van der Waals surface area contributed by atoms with Gasteiger partial charge in [0.25, 0.3) is 0 Å². The third-order valence-corrected chi connectivity index (χ3v) is 7.66. The van der Waals surface area contributed by atoms with Gasteiger partial charge in [0.05, 0.1) is 24.1 Å². The second-order valence-corrected chi connectivity index (χ2v) is 9.95. The quantitative estimate of drug-likeness (QED) is 0.264. The van der Waals surface area contributed by atoms with Crippen LogP contribution >= 0.6 is 0 Å². The number of aromatic nitrogens is 1. The van der Waals surface area contributed by atoms with E-state index in [1.54, 1.807) is 31.5 Å². The molecule has 0 aliphatic carbocycles. The highest BCUT2D eigenvalue weighted by molar-refractivity contribution is 5.85. The summed E-state index contributed by atoms with van der Waals surface area (Å²) in [4.78, 5) is 18.9. The number of nitrogens with zero attached hydrogens (tertiary/aromatic N) is 2. The van der Waals surface area contributed by atoms with Crippen LogP contribution in [0, 0.1) is 22.9 Å². The zero-order valence-electron chi connectivity index (χ0n) is 21.7. The molecule has 0 unspecified atom stereocenters. The number of likely N-dealkylation sites (tertiary alicyclic amines) is 1. The minimum Gasteiger partial charge on any atom is -0.497 e. The van der Waals surface area contributed by atoms with Crippen LogP contribution in [0.3, 0.4) is 0 Å². The second-order valence-electron chi connectivity index (χ2n) is 9.95. The van der Waals surface area contributed by atoms with Gasteiger partial charge in [-0.05, 0) is 68.1 Å². The van der Waals surface area contributed by atoms with Crippen LogP contribution in [0.4, 0.5) is 18.9 Å². The molecule has 2 heterocycles. The molecule has 1 atom stereocenters. The Morgan fingerprint density at radius 3 is 2.51 bits per heavy atom. The summed E-state index contributed by atoms with van der Waals surface area (Å²) >= 11 is 0. The smallest absolute Gasteiger partial charge is 0.309 e. The van der Waals surface area contributed by atoms with Crippen LogP contribution in [-0.4, -0.2) is 59.4 Å². The molecule has 1 aliphatic heterocycles. The van der Waals surface area contributed by atoms with Gasteiger partial charge < -0.3 is 30.9 Å². The van der Waals surface area contributed by atoms with Crippen molar-refractivity contribution in [1.82, 2.24) is 9.88 Å². The summed E-state index contributed by atoms with van der Waals surface area (Å²) in [5.41, 5.74) is 7.09. The maximum Gasteiger partial charge on any atom is 0.309 e. The number of pyridine rings is 1. The molecule has 0 radical (unpaired) electrons. The first kappa shape index (κ1) is 28.6. The number of hydrogen-bond donors (Lipinski definition) is 4. The van der Waals surface area contributed by atoms with Gasteiger partial charge in [0, 0.05) is 49.0 Å². The van der Waals surface area contributed by atoms with E-state index in [1.807, 2.05) is 0 Å². The number of methoxy groups -OCH3 is 1. The third kappa shape index (κ3) is 6.26. The summed E-state index contributed by atoms with van der Waals surface area (Å²) in [5.74, 6) is -4.32. The third-order valence-electron chi connectivity index (χ3n) is 7.66. The van der Waals surface area contributed by atoms with E-state index in [9.17, 15) is 28.2 Å². The Kier molecular flexibility index (Phi) is 8.94. The van der Waals surface area contributed by atoms with Gasteiger partial charge in [-0.15, -0.1) is 0 Å². The first-order chi connectivity index (χ1) is 18.7. The lowest BCUT2D eigenvalue weighted by Crippen LogP contribution is -2.45. The van der Waals surface area contributed by atoms with Crippen LogP contribution in [0.5, 0.6) is 5.75 Å². The molecule has 1 saturated heterocycles. The average molecular weight is 547 g/mol. The number of benzene rings is 2. The van der Waals surface area contributed by atoms with Crippen LogP contribution in [0.2, 0.25) is 0 Å². The SMILES string of the molecule is COc1ccc2ncc(CN)c([C@@H](O)CCC3(C(=O)O)CCN(CCNc4cc(F)c(F)c(F)c4)CC3)c2c1. The Labute approximate surface area is 224 Å². The van der Waals surface area contributed by atoms with E-state index in [2.05, 4.69) is 15.2 Å². The lowest BCUT2D eigenvalue weighted by Gasteiger charge is -2.39. The fraction of sp³-hybridized carbons (Fsp3) is 0.429. The second kappa shape index (κ2) is 12.2. The van der Waals surface area contributed by atoms with Crippen LogP contribution in [0.15, 0.2) is 36.5 Å². The number of anilines is 1. The summed E-state index contributed by atoms with van der Waals surface area (Å²) < 4.78 is 45.3. The van der Waals surface area contributed by atoms with E-state index >= 15 is 0 Å². The van der Waals surface area contributed by atoms with Crippen molar-refractivity contribution in [3.05, 3.63) is 65.1 Å². The van der Waals surface area contributed by atoms with Gasteiger partial charge >= 0.3 is 5.97 Å². The minimum atomic E-state index is -1.51. The van der Waals surface area contributed by atoms with Crippen LogP contribution in [0.25, 0.3) is 10.9 Å². The maximum atomic E-state index is 13.4. The minimum absolute atomic E-state index is 0.135. The van der Waals surface area contributed by atoms with E-state index in [-0.39, 0.29) is 25.1 Å². The lowest BCUT2D eigenvalue weighted by molar-refractivity contribution is -0.153. The van der Waals surface area contributed by atoms with E-state index in [0.717, 1.165) is 17.5 Å². The molecule has 1 aromatic heterocycles. The van der Waals surface area contributed by atoms with Crippen molar-refractivity contribution in [3.63, 3.8) is 0 Å². The number of aliphatic hydroxyl groups excluding tert-OH is 1. The van der Waals surface area contributed by atoms with Crippen molar-refractivity contribution in [2.45, 2.75) is 38.3 Å². The van der Waals surface area contributed by atoms with Gasteiger partial charge in [-0.25, -0.2) is 13.2 Å². The molecule has 1 aliphatic rings. The molecule has 0 bridgehead atoms. The van der Waals surface area contributed by atoms with Crippen molar-refractivity contribution >= 4 is 22.6 Å². The first-order valence-corrected chi connectivity index (χ1v) is 12.9. The number of halogens is 3. The summed E-state index contributed by atoms with van der Waals surface area (Å²) in [6.07, 6.45) is 2.01. The van der Waals surface area contributed by atoms with Crippen LogP contribution in [-0.2, 0) is 11.3 Å². The normalized spacial score (nSPS) is 16.3. The van der Waals surface area contributed by atoms with Gasteiger partial charge in [0.2, 0.25) is 0 Å². The average Bonchev–Trinajstić information content (AvgIpc) is 2.94. The number of aliphatic carboxylic acids is 1. The summed E-state index contributed by atoms with van der Waals surface area (Å²) in [5, 5.41) is 25.0. The number of hydrogen-bond acceptors (Lipinski definition) is 7. The zero-order valence-corrected chi connectivity index (χ0v) is 21.7. The van der Waals surface area contributed by atoms with Crippen molar-refractivity contribution in [1.29, 1.82) is 0 Å². The zero-order chi connectivity index (χ0) is 28.2. The van der Waals surface area contributed by atoms with E-state index in [0.29, 0.717) is 61.4 Å². The highest BCUT2D eigenvalue weighted by Crippen LogP contribution is 2.40. The number of carbonyl (C=O) groups is 1. The Hall–Kier alpha value is -3.41. The highest BCUT2D eigenvalue weighted by Gasteiger charge is 2.41. The number of fused-ring (bicyclic) bond motifs is 1. The van der Waals surface area contributed by atoms with Gasteiger partial charge in [-0.3, -0.25) is 9.78 Å². The number of carboxylic acids is 1. The highest BCUT2D eigenvalue weighted by atomic mass is 19.2. The number of rotatable bonds is 11. The Bertz CT molecular complexity index is 1300. The number of ether oxygens (including phenoxy) is 1. The largest absolute Gasteiger partial charge is 0.497 e.